The summed E-state index contributed by atoms with van der Waals surface area (Å²) in [5, 5.41) is 3.48. The fourth-order valence-corrected chi connectivity index (χ4v) is 3.14. The molecule has 0 saturated carbocycles. The minimum absolute atomic E-state index is 0.448. The predicted molar refractivity (Wildman–Crippen MR) is 82.4 cm³/mol. The molecule has 0 amide bonds. The summed E-state index contributed by atoms with van der Waals surface area (Å²) in [7, 11) is 6.48. The molecule has 1 aromatic rings. The molecule has 106 valence electrons. The summed E-state index contributed by atoms with van der Waals surface area (Å²) in [6, 6.07) is 3.15. The molecule has 2 heterocycles. The lowest BCUT2D eigenvalue weighted by atomic mass is 9.97. The summed E-state index contributed by atoms with van der Waals surface area (Å²) in [6.45, 7) is 3.40. The van der Waals surface area contributed by atoms with Crippen molar-refractivity contribution in [2.24, 2.45) is 0 Å². The summed E-state index contributed by atoms with van der Waals surface area (Å²) in [5.41, 5.74) is 1.27. The maximum Gasteiger partial charge on any atom is 0.0410 e. The van der Waals surface area contributed by atoms with Crippen LogP contribution in [0.3, 0.4) is 0 Å². The normalized spacial score (nSPS) is 23.5. The van der Waals surface area contributed by atoms with Crippen molar-refractivity contribution in [3.05, 3.63) is 28.5 Å². The largest absolute Gasteiger partial charge is 0.315 e. The van der Waals surface area contributed by atoms with Crippen molar-refractivity contribution in [2.45, 2.75) is 18.5 Å². The molecule has 1 aromatic heterocycles. The van der Waals surface area contributed by atoms with Crippen molar-refractivity contribution in [1.82, 2.24) is 20.1 Å². The Kier molecular flexibility index (Phi) is 5.33. The molecular formula is C14H23BrN4. The van der Waals surface area contributed by atoms with E-state index in [0.717, 1.165) is 30.5 Å². The van der Waals surface area contributed by atoms with Crippen LogP contribution in [0.1, 0.15) is 5.56 Å². The third-order valence-corrected chi connectivity index (χ3v) is 4.39. The highest BCUT2D eigenvalue weighted by Gasteiger charge is 2.28. The van der Waals surface area contributed by atoms with Gasteiger partial charge in [-0.25, -0.2) is 0 Å². The van der Waals surface area contributed by atoms with Crippen LogP contribution in [0.5, 0.6) is 0 Å². The van der Waals surface area contributed by atoms with Gasteiger partial charge in [-0.2, -0.15) is 0 Å². The van der Waals surface area contributed by atoms with Crippen molar-refractivity contribution >= 4 is 15.9 Å². The van der Waals surface area contributed by atoms with Gasteiger partial charge in [0.15, 0.2) is 0 Å². The Bertz CT molecular complexity index is 412. The van der Waals surface area contributed by atoms with E-state index < -0.39 is 0 Å². The number of rotatable bonds is 4. The number of hydrogen-bond donors (Lipinski definition) is 1. The van der Waals surface area contributed by atoms with Gasteiger partial charge in [0.25, 0.3) is 0 Å². The van der Waals surface area contributed by atoms with Gasteiger partial charge in [-0.05, 0) is 55.1 Å². The number of aromatic nitrogens is 1. The molecule has 1 aliphatic rings. The Morgan fingerprint density at radius 1 is 1.42 bits per heavy atom. The van der Waals surface area contributed by atoms with Crippen LogP contribution >= 0.6 is 15.9 Å². The molecule has 4 nitrogen and oxygen atoms in total. The molecule has 0 radical (unpaired) electrons. The van der Waals surface area contributed by atoms with Gasteiger partial charge in [-0.15, -0.1) is 0 Å². The van der Waals surface area contributed by atoms with Gasteiger partial charge in [0.2, 0.25) is 0 Å². The van der Waals surface area contributed by atoms with E-state index in [1.54, 1.807) is 0 Å². The fraction of sp³-hybridized carbons (Fsp3) is 0.643. The fourth-order valence-electron chi connectivity index (χ4n) is 2.73. The minimum atomic E-state index is 0.448. The number of hydrogen-bond acceptors (Lipinski definition) is 4. The highest BCUT2D eigenvalue weighted by molar-refractivity contribution is 9.10. The highest BCUT2D eigenvalue weighted by atomic mass is 79.9. The second kappa shape index (κ2) is 6.79. The number of nitrogens with zero attached hydrogens (tertiary/aromatic N) is 3. The van der Waals surface area contributed by atoms with Gasteiger partial charge in [0.05, 0.1) is 0 Å². The quantitative estimate of drug-likeness (QED) is 0.901. The molecule has 1 aliphatic heterocycles. The van der Waals surface area contributed by atoms with Crippen LogP contribution in [0.4, 0.5) is 0 Å². The van der Waals surface area contributed by atoms with Crippen LogP contribution in [0.15, 0.2) is 22.9 Å². The van der Waals surface area contributed by atoms with Crippen molar-refractivity contribution in [1.29, 1.82) is 0 Å². The van der Waals surface area contributed by atoms with Gasteiger partial charge in [-0.3, -0.25) is 9.88 Å². The predicted octanol–water partition coefficient (Wildman–Crippen LogP) is 1.22. The monoisotopic (exact) mass is 326 g/mol. The zero-order valence-electron chi connectivity index (χ0n) is 11.9. The van der Waals surface area contributed by atoms with E-state index in [4.69, 9.17) is 0 Å². The first-order valence-corrected chi connectivity index (χ1v) is 7.55. The molecule has 2 atom stereocenters. The molecule has 19 heavy (non-hydrogen) atoms. The first-order chi connectivity index (χ1) is 9.10. The van der Waals surface area contributed by atoms with Crippen LogP contribution in [0.2, 0.25) is 0 Å². The molecule has 0 spiro atoms. The van der Waals surface area contributed by atoms with Crippen LogP contribution in [-0.4, -0.2) is 67.6 Å². The first kappa shape index (κ1) is 14.9. The average molecular weight is 327 g/mol. The molecule has 1 saturated heterocycles. The van der Waals surface area contributed by atoms with E-state index in [9.17, 15) is 0 Å². The van der Waals surface area contributed by atoms with Crippen LogP contribution in [0.25, 0.3) is 0 Å². The smallest absolute Gasteiger partial charge is 0.0410 e. The third-order valence-electron chi connectivity index (χ3n) is 3.95. The molecule has 2 unspecified atom stereocenters. The SMILES string of the molecule is CNC(Cc1cncc(Br)c1)C1CN(C)CCN1C. The summed E-state index contributed by atoms with van der Waals surface area (Å²) in [6.07, 6.45) is 4.80. The van der Waals surface area contributed by atoms with Gasteiger partial charge >= 0.3 is 0 Å². The zero-order valence-corrected chi connectivity index (χ0v) is 13.5. The maximum atomic E-state index is 4.25. The van der Waals surface area contributed by atoms with E-state index in [1.807, 2.05) is 12.4 Å². The number of piperazine rings is 1. The number of nitrogens with one attached hydrogen (secondary N) is 1. The molecule has 1 N–H and O–H groups in total. The average Bonchev–Trinajstić information content (AvgIpc) is 2.39. The third kappa shape index (κ3) is 3.99. The van der Waals surface area contributed by atoms with Gasteiger partial charge in [0, 0.05) is 48.6 Å². The van der Waals surface area contributed by atoms with Crippen molar-refractivity contribution < 1.29 is 0 Å². The lowest BCUT2D eigenvalue weighted by molar-refractivity contribution is 0.0897. The summed E-state index contributed by atoms with van der Waals surface area (Å²) in [5.74, 6) is 0. The maximum absolute atomic E-state index is 4.25. The zero-order chi connectivity index (χ0) is 13.8. The molecule has 5 heteroatoms. The van der Waals surface area contributed by atoms with Crippen LogP contribution < -0.4 is 5.32 Å². The second-order valence-electron chi connectivity index (χ2n) is 5.42. The topological polar surface area (TPSA) is 31.4 Å². The van der Waals surface area contributed by atoms with Gasteiger partial charge < -0.3 is 10.2 Å². The van der Waals surface area contributed by atoms with Gasteiger partial charge in [0.1, 0.15) is 0 Å². The molecule has 0 aliphatic carbocycles. The van der Waals surface area contributed by atoms with E-state index in [1.165, 1.54) is 5.56 Å². The first-order valence-electron chi connectivity index (χ1n) is 6.75. The van der Waals surface area contributed by atoms with Crippen LogP contribution in [-0.2, 0) is 6.42 Å². The molecular weight excluding hydrogens is 304 g/mol. The Morgan fingerprint density at radius 2 is 2.21 bits per heavy atom. The van der Waals surface area contributed by atoms with Crippen molar-refractivity contribution in [3.8, 4) is 0 Å². The second-order valence-corrected chi connectivity index (χ2v) is 6.34. The van der Waals surface area contributed by atoms with Crippen LogP contribution in [0, 0.1) is 0 Å². The number of likely N-dealkylation sites (N-methyl/N-ethyl adjacent to an activating group) is 3. The molecule has 1 fully saturated rings. The Morgan fingerprint density at radius 3 is 2.89 bits per heavy atom. The summed E-state index contributed by atoms with van der Waals surface area (Å²) < 4.78 is 1.05. The number of halogens is 1. The Labute approximate surface area is 124 Å². The molecule has 0 bridgehead atoms. The Balaban J connectivity index is 2.06. The Hall–Kier alpha value is -0.490. The standard InChI is InChI=1S/C14H23BrN4/c1-16-13(7-11-6-12(15)9-17-8-11)14-10-18(2)4-5-19(14)3/h6,8-9,13-14,16H,4-5,7,10H2,1-3H3. The molecule has 2 rings (SSSR count). The number of pyridine rings is 1. The van der Waals surface area contributed by atoms with E-state index in [2.05, 4.69) is 63.2 Å². The molecule has 0 aromatic carbocycles. The summed E-state index contributed by atoms with van der Waals surface area (Å²) in [4.78, 5) is 9.13. The minimum Gasteiger partial charge on any atom is -0.315 e. The van der Waals surface area contributed by atoms with Crippen molar-refractivity contribution in [3.63, 3.8) is 0 Å². The summed E-state index contributed by atoms with van der Waals surface area (Å²) >= 11 is 3.49. The highest BCUT2D eigenvalue weighted by Crippen LogP contribution is 2.16. The van der Waals surface area contributed by atoms with Crippen molar-refractivity contribution in [2.75, 3.05) is 40.8 Å². The lowest BCUT2D eigenvalue weighted by Gasteiger charge is -2.42. The van der Waals surface area contributed by atoms with E-state index in [0.29, 0.717) is 12.1 Å². The van der Waals surface area contributed by atoms with E-state index >= 15 is 0 Å². The lowest BCUT2D eigenvalue weighted by Crippen LogP contribution is -2.58. The van der Waals surface area contributed by atoms with E-state index in [-0.39, 0.29) is 0 Å². The van der Waals surface area contributed by atoms with Gasteiger partial charge in [-0.1, -0.05) is 0 Å².